The summed E-state index contributed by atoms with van der Waals surface area (Å²) in [5.74, 6) is -1.01. The van der Waals surface area contributed by atoms with Gasteiger partial charge >= 0.3 is 0 Å². The number of benzene rings is 2. The summed E-state index contributed by atoms with van der Waals surface area (Å²) in [6.45, 7) is 2.16. The van der Waals surface area contributed by atoms with Gasteiger partial charge in [0.25, 0.3) is 11.8 Å². The number of imide groups is 1. The number of hydrogen-bond donors (Lipinski definition) is 2. The Balaban J connectivity index is 1.20. The molecule has 1 aromatic heterocycles. The normalized spacial score (nSPS) is 13.2. The van der Waals surface area contributed by atoms with Crippen LogP contribution in [0.15, 0.2) is 53.4 Å². The number of rotatable bonds is 10. The zero-order valence-electron chi connectivity index (χ0n) is 18.9. The lowest BCUT2D eigenvalue weighted by Gasteiger charge is -2.13. The van der Waals surface area contributed by atoms with Gasteiger partial charge in [-0.25, -0.2) is 13.1 Å². The summed E-state index contributed by atoms with van der Waals surface area (Å²) in [6, 6.07) is 13.2. The van der Waals surface area contributed by atoms with Crippen molar-refractivity contribution in [3.05, 3.63) is 70.2 Å². The molecule has 2 aromatic carbocycles. The predicted octanol–water partition coefficient (Wildman–Crippen LogP) is 2.38. The second-order valence-electron chi connectivity index (χ2n) is 7.92. The number of carbonyl (C=O) groups is 3. The predicted molar refractivity (Wildman–Crippen MR) is 130 cm³/mol. The molecule has 4 rings (SSSR count). The number of carbonyl (C=O) groups excluding carboxylic acids is 3. The van der Waals surface area contributed by atoms with E-state index in [2.05, 4.69) is 20.2 Å². The fourth-order valence-corrected chi connectivity index (χ4v) is 5.31. The van der Waals surface area contributed by atoms with E-state index in [0.29, 0.717) is 34.1 Å². The van der Waals surface area contributed by atoms with Crippen LogP contribution in [0, 0.1) is 6.92 Å². The first-order valence-corrected chi connectivity index (χ1v) is 13.2. The van der Waals surface area contributed by atoms with Crippen LogP contribution in [0.5, 0.6) is 0 Å². The Morgan fingerprint density at radius 2 is 1.66 bits per heavy atom. The summed E-state index contributed by atoms with van der Waals surface area (Å²) in [6.07, 6.45) is 0.723. The minimum atomic E-state index is -3.62. The van der Waals surface area contributed by atoms with Gasteiger partial charge in [0.05, 0.1) is 16.0 Å². The molecule has 0 radical (unpaired) electrons. The van der Waals surface area contributed by atoms with E-state index in [9.17, 15) is 22.8 Å². The van der Waals surface area contributed by atoms with Gasteiger partial charge in [-0.3, -0.25) is 19.3 Å². The SMILES string of the molecule is Cc1ccc(S(=O)(=O)NCCc2nnc(NC(=O)CCCN3C(=O)c4ccccc4C3=O)s2)cc1. The van der Waals surface area contributed by atoms with Crippen LogP contribution in [0.1, 0.15) is 44.1 Å². The molecule has 0 atom stereocenters. The quantitative estimate of drug-likeness (QED) is 0.397. The maximum atomic E-state index is 12.4. The van der Waals surface area contributed by atoms with E-state index in [4.69, 9.17) is 0 Å². The molecule has 0 saturated heterocycles. The maximum Gasteiger partial charge on any atom is 0.261 e. The van der Waals surface area contributed by atoms with Crippen molar-refractivity contribution in [2.45, 2.75) is 31.1 Å². The number of amides is 3. The first kappa shape index (κ1) is 24.6. The van der Waals surface area contributed by atoms with E-state index < -0.39 is 10.0 Å². The van der Waals surface area contributed by atoms with Crippen LogP contribution in [0.25, 0.3) is 0 Å². The molecule has 2 N–H and O–H groups in total. The molecule has 0 fully saturated rings. The highest BCUT2D eigenvalue weighted by molar-refractivity contribution is 7.89. The van der Waals surface area contributed by atoms with Crippen molar-refractivity contribution in [3.63, 3.8) is 0 Å². The van der Waals surface area contributed by atoms with E-state index in [0.717, 1.165) is 21.8 Å². The summed E-state index contributed by atoms with van der Waals surface area (Å²) >= 11 is 1.15. The molecule has 0 saturated carbocycles. The Hall–Kier alpha value is -3.48. The molecular formula is C23H23N5O5S2. The molecule has 1 aliphatic heterocycles. The van der Waals surface area contributed by atoms with Gasteiger partial charge in [0.1, 0.15) is 5.01 Å². The number of nitrogens with one attached hydrogen (secondary N) is 2. The third-order valence-electron chi connectivity index (χ3n) is 5.34. The van der Waals surface area contributed by atoms with E-state index in [1.54, 1.807) is 48.5 Å². The summed E-state index contributed by atoms with van der Waals surface area (Å²) in [4.78, 5) is 38.3. The topological polar surface area (TPSA) is 138 Å². The van der Waals surface area contributed by atoms with Crippen LogP contribution in [0.2, 0.25) is 0 Å². The Labute approximate surface area is 206 Å². The van der Waals surface area contributed by atoms with E-state index in [1.165, 1.54) is 0 Å². The molecule has 10 nitrogen and oxygen atoms in total. The fraction of sp³-hybridized carbons (Fsp3) is 0.261. The van der Waals surface area contributed by atoms with Crippen LogP contribution < -0.4 is 10.0 Å². The Morgan fingerprint density at radius 1 is 1.00 bits per heavy atom. The van der Waals surface area contributed by atoms with Gasteiger partial charge < -0.3 is 5.32 Å². The molecular weight excluding hydrogens is 490 g/mol. The molecule has 0 unspecified atom stereocenters. The second kappa shape index (κ2) is 10.4. The smallest absolute Gasteiger partial charge is 0.261 e. The average molecular weight is 514 g/mol. The highest BCUT2D eigenvalue weighted by Crippen LogP contribution is 2.23. The van der Waals surface area contributed by atoms with Gasteiger partial charge in [0, 0.05) is 25.9 Å². The summed E-state index contributed by atoms with van der Waals surface area (Å²) < 4.78 is 27.2. The van der Waals surface area contributed by atoms with Crippen LogP contribution in [-0.2, 0) is 21.2 Å². The fourth-order valence-electron chi connectivity index (χ4n) is 3.52. The number of aryl methyl sites for hydroxylation is 1. The largest absolute Gasteiger partial charge is 0.301 e. The van der Waals surface area contributed by atoms with Gasteiger partial charge in [-0.05, 0) is 37.6 Å². The monoisotopic (exact) mass is 513 g/mol. The Bertz CT molecular complexity index is 1330. The van der Waals surface area contributed by atoms with Gasteiger partial charge in [-0.1, -0.05) is 41.2 Å². The molecule has 1 aliphatic rings. The lowest BCUT2D eigenvalue weighted by atomic mass is 10.1. The van der Waals surface area contributed by atoms with Crippen molar-refractivity contribution >= 4 is 44.2 Å². The molecule has 0 bridgehead atoms. The molecule has 0 aliphatic carbocycles. The third kappa shape index (κ3) is 5.78. The average Bonchev–Trinajstić information content (AvgIpc) is 3.37. The molecule has 35 heavy (non-hydrogen) atoms. The lowest BCUT2D eigenvalue weighted by molar-refractivity contribution is -0.116. The molecule has 2 heterocycles. The summed E-state index contributed by atoms with van der Waals surface area (Å²) in [7, 11) is -3.62. The highest BCUT2D eigenvalue weighted by Gasteiger charge is 2.34. The van der Waals surface area contributed by atoms with Crippen molar-refractivity contribution < 1.29 is 22.8 Å². The molecule has 3 aromatic rings. The molecule has 182 valence electrons. The number of nitrogens with zero attached hydrogens (tertiary/aromatic N) is 3. The number of fused-ring (bicyclic) bond motifs is 1. The standard InChI is InChI=1S/C23H23N5O5S2/c1-15-8-10-16(11-9-15)35(32,33)24-13-12-20-26-27-23(34-20)25-19(29)7-4-14-28-21(30)17-5-2-3-6-18(17)22(28)31/h2-3,5-6,8-11,24H,4,7,12-14H2,1H3,(H,25,27,29). The minimum Gasteiger partial charge on any atom is -0.301 e. The van der Waals surface area contributed by atoms with Crippen molar-refractivity contribution in [3.8, 4) is 0 Å². The molecule has 3 amide bonds. The Kier molecular flexibility index (Phi) is 7.34. The molecule has 12 heteroatoms. The van der Waals surface area contributed by atoms with Gasteiger partial charge in [-0.15, -0.1) is 10.2 Å². The lowest BCUT2D eigenvalue weighted by Crippen LogP contribution is -2.31. The van der Waals surface area contributed by atoms with Crippen LogP contribution in [0.4, 0.5) is 5.13 Å². The van der Waals surface area contributed by atoms with Crippen LogP contribution in [-0.4, -0.2) is 54.3 Å². The van der Waals surface area contributed by atoms with E-state index >= 15 is 0 Å². The zero-order valence-corrected chi connectivity index (χ0v) is 20.5. The van der Waals surface area contributed by atoms with Crippen molar-refractivity contribution in [2.75, 3.05) is 18.4 Å². The minimum absolute atomic E-state index is 0.0959. The maximum absolute atomic E-state index is 12.4. The van der Waals surface area contributed by atoms with Crippen LogP contribution >= 0.6 is 11.3 Å². The highest BCUT2D eigenvalue weighted by atomic mass is 32.2. The number of hydrogen-bond acceptors (Lipinski definition) is 8. The summed E-state index contributed by atoms with van der Waals surface area (Å²) in [5.41, 5.74) is 1.73. The van der Waals surface area contributed by atoms with Crippen molar-refractivity contribution in [2.24, 2.45) is 0 Å². The van der Waals surface area contributed by atoms with Gasteiger partial charge in [-0.2, -0.15) is 0 Å². The van der Waals surface area contributed by atoms with E-state index in [-0.39, 0.29) is 42.1 Å². The Morgan fingerprint density at radius 3 is 2.31 bits per heavy atom. The second-order valence-corrected chi connectivity index (χ2v) is 10.8. The number of aromatic nitrogens is 2. The summed E-state index contributed by atoms with van der Waals surface area (Å²) in [5, 5.41) is 11.4. The molecule has 0 spiro atoms. The van der Waals surface area contributed by atoms with Gasteiger partial charge in [0.2, 0.25) is 21.1 Å². The van der Waals surface area contributed by atoms with Crippen molar-refractivity contribution in [1.82, 2.24) is 19.8 Å². The first-order valence-electron chi connectivity index (χ1n) is 10.9. The van der Waals surface area contributed by atoms with Gasteiger partial charge in [0.15, 0.2) is 0 Å². The van der Waals surface area contributed by atoms with E-state index in [1.807, 2.05) is 6.92 Å². The third-order valence-corrected chi connectivity index (χ3v) is 7.71. The number of anilines is 1. The van der Waals surface area contributed by atoms with Crippen LogP contribution in [0.3, 0.4) is 0 Å². The zero-order chi connectivity index (χ0) is 25.0. The number of sulfonamides is 1. The van der Waals surface area contributed by atoms with Crippen molar-refractivity contribution in [1.29, 1.82) is 0 Å². The first-order chi connectivity index (χ1) is 16.7.